The third kappa shape index (κ3) is 5.03. The Morgan fingerprint density at radius 1 is 1.04 bits per heavy atom. The van der Waals surface area contributed by atoms with Gasteiger partial charge in [-0.05, 0) is 43.7 Å². The topological polar surface area (TPSA) is 54.5 Å². The Morgan fingerprint density at radius 2 is 1.64 bits per heavy atom. The fraction of sp³-hybridized carbons (Fsp3) is 0.250. The number of carbonyl (C=O) groups is 1. The molecule has 0 unspecified atom stereocenters. The molecule has 2 aromatic carbocycles. The fourth-order valence-electron chi connectivity index (χ4n) is 2.51. The monoisotopic (exact) mass is 357 g/mol. The van der Waals surface area contributed by atoms with Crippen LogP contribution in [0.25, 0.3) is 0 Å². The van der Waals surface area contributed by atoms with Crippen LogP contribution in [0.3, 0.4) is 0 Å². The van der Waals surface area contributed by atoms with E-state index in [1.54, 1.807) is 59.5 Å². The molecule has 1 amide bonds. The van der Waals surface area contributed by atoms with Gasteiger partial charge in [0.05, 0.1) is 10.6 Å². The maximum atomic E-state index is 12.5. The van der Waals surface area contributed by atoms with Crippen LogP contribution in [0.15, 0.2) is 71.6 Å². The Kier molecular flexibility index (Phi) is 6.15. The molecule has 0 heterocycles. The fourth-order valence-corrected chi connectivity index (χ4v) is 3.88. The number of amides is 1. The van der Waals surface area contributed by atoms with Gasteiger partial charge in [0.2, 0.25) is 0 Å². The third-order valence-electron chi connectivity index (χ3n) is 3.79. The Bertz CT molecular complexity index is 840. The van der Waals surface area contributed by atoms with Crippen molar-refractivity contribution in [1.29, 1.82) is 0 Å². The van der Waals surface area contributed by atoms with Crippen molar-refractivity contribution in [3.8, 4) is 0 Å². The molecule has 0 aliphatic rings. The number of rotatable bonds is 7. The molecular weight excluding hydrogens is 334 g/mol. The predicted molar refractivity (Wildman–Crippen MR) is 100 cm³/mol. The van der Waals surface area contributed by atoms with Gasteiger partial charge in [0.1, 0.15) is 0 Å². The van der Waals surface area contributed by atoms with Gasteiger partial charge in [-0.1, -0.05) is 42.5 Å². The van der Waals surface area contributed by atoms with E-state index in [4.69, 9.17) is 0 Å². The maximum absolute atomic E-state index is 12.5. The summed E-state index contributed by atoms with van der Waals surface area (Å²) in [5.41, 5.74) is 2.12. The standard InChI is InChI=1S/C20H23NO3S/c1-4-21(14-16(2)3)20(22)18-12-10-17(11-13-18)15-25(23,24)19-8-6-5-7-9-19/h5-13H,2,4,14-15H2,1,3H3. The summed E-state index contributed by atoms with van der Waals surface area (Å²) in [6.45, 7) is 8.75. The molecule has 0 saturated heterocycles. The molecule has 0 aliphatic carbocycles. The van der Waals surface area contributed by atoms with E-state index >= 15 is 0 Å². The van der Waals surface area contributed by atoms with E-state index in [9.17, 15) is 13.2 Å². The molecular formula is C20H23NO3S. The van der Waals surface area contributed by atoms with Crippen LogP contribution in [0.2, 0.25) is 0 Å². The van der Waals surface area contributed by atoms with Crippen molar-refractivity contribution < 1.29 is 13.2 Å². The van der Waals surface area contributed by atoms with Gasteiger partial charge in [0.15, 0.2) is 9.84 Å². The van der Waals surface area contributed by atoms with Gasteiger partial charge in [0.25, 0.3) is 5.91 Å². The number of hydrogen-bond donors (Lipinski definition) is 0. The van der Waals surface area contributed by atoms with Crippen LogP contribution < -0.4 is 0 Å². The highest BCUT2D eigenvalue weighted by atomic mass is 32.2. The molecule has 25 heavy (non-hydrogen) atoms. The second-order valence-electron chi connectivity index (χ2n) is 6.05. The Morgan fingerprint density at radius 3 is 2.16 bits per heavy atom. The van der Waals surface area contributed by atoms with Gasteiger partial charge < -0.3 is 4.90 Å². The maximum Gasteiger partial charge on any atom is 0.254 e. The van der Waals surface area contributed by atoms with Gasteiger partial charge in [-0.3, -0.25) is 4.79 Å². The first-order valence-electron chi connectivity index (χ1n) is 8.14. The summed E-state index contributed by atoms with van der Waals surface area (Å²) >= 11 is 0. The molecule has 0 aliphatic heterocycles. The lowest BCUT2D eigenvalue weighted by molar-refractivity contribution is 0.0778. The molecule has 0 fully saturated rings. The molecule has 0 radical (unpaired) electrons. The minimum Gasteiger partial charge on any atom is -0.335 e. The van der Waals surface area contributed by atoms with Crippen molar-refractivity contribution in [3.05, 3.63) is 77.9 Å². The lowest BCUT2D eigenvalue weighted by Crippen LogP contribution is -2.32. The number of benzene rings is 2. The second-order valence-corrected chi connectivity index (χ2v) is 8.04. The zero-order valence-electron chi connectivity index (χ0n) is 14.6. The van der Waals surface area contributed by atoms with Gasteiger partial charge >= 0.3 is 0 Å². The summed E-state index contributed by atoms with van der Waals surface area (Å²) in [5.74, 6) is -0.169. The lowest BCUT2D eigenvalue weighted by Gasteiger charge is -2.21. The first-order chi connectivity index (χ1) is 11.8. The van der Waals surface area contributed by atoms with E-state index in [0.717, 1.165) is 5.57 Å². The Labute approximate surface area is 149 Å². The van der Waals surface area contributed by atoms with Crippen molar-refractivity contribution in [2.75, 3.05) is 13.1 Å². The second kappa shape index (κ2) is 8.12. The lowest BCUT2D eigenvalue weighted by atomic mass is 10.1. The average Bonchev–Trinajstić information content (AvgIpc) is 2.60. The zero-order valence-corrected chi connectivity index (χ0v) is 15.4. The summed E-state index contributed by atoms with van der Waals surface area (Å²) in [6, 6.07) is 15.1. The van der Waals surface area contributed by atoms with Gasteiger partial charge in [-0.25, -0.2) is 8.42 Å². The van der Waals surface area contributed by atoms with E-state index in [1.165, 1.54) is 0 Å². The van der Waals surface area contributed by atoms with Gasteiger partial charge in [-0.15, -0.1) is 0 Å². The van der Waals surface area contributed by atoms with E-state index in [1.807, 2.05) is 13.8 Å². The molecule has 0 bridgehead atoms. The molecule has 132 valence electrons. The van der Waals surface area contributed by atoms with Crippen LogP contribution in [-0.2, 0) is 15.6 Å². The third-order valence-corrected chi connectivity index (χ3v) is 5.49. The van der Waals surface area contributed by atoms with Crippen molar-refractivity contribution in [3.63, 3.8) is 0 Å². The normalized spacial score (nSPS) is 11.1. The summed E-state index contributed by atoms with van der Waals surface area (Å²) in [6.07, 6.45) is 0. The minimum atomic E-state index is -3.39. The van der Waals surface area contributed by atoms with E-state index in [-0.39, 0.29) is 11.7 Å². The quantitative estimate of drug-likeness (QED) is 0.710. The molecule has 4 nitrogen and oxygen atoms in total. The number of nitrogens with zero attached hydrogens (tertiary/aromatic N) is 1. The number of carbonyl (C=O) groups excluding carboxylic acids is 1. The molecule has 0 aromatic heterocycles. The number of likely N-dealkylation sites (N-methyl/N-ethyl adjacent to an activating group) is 1. The largest absolute Gasteiger partial charge is 0.335 e. The first-order valence-corrected chi connectivity index (χ1v) is 9.79. The first kappa shape index (κ1) is 18.9. The van der Waals surface area contributed by atoms with Crippen LogP contribution in [0, 0.1) is 0 Å². The summed E-state index contributed by atoms with van der Waals surface area (Å²) in [7, 11) is -3.39. The SMILES string of the molecule is C=C(C)CN(CC)C(=O)c1ccc(CS(=O)(=O)c2ccccc2)cc1. The van der Waals surface area contributed by atoms with Crippen molar-refractivity contribution >= 4 is 15.7 Å². The number of sulfone groups is 1. The summed E-state index contributed by atoms with van der Waals surface area (Å²) < 4.78 is 24.8. The van der Waals surface area contributed by atoms with Crippen LogP contribution in [0.4, 0.5) is 0 Å². The predicted octanol–water partition coefficient (Wildman–Crippen LogP) is 3.70. The molecule has 2 rings (SSSR count). The average molecular weight is 357 g/mol. The van der Waals surface area contributed by atoms with Crippen molar-refractivity contribution in [1.82, 2.24) is 4.90 Å². The van der Waals surface area contributed by atoms with Crippen molar-refractivity contribution in [2.45, 2.75) is 24.5 Å². The van der Waals surface area contributed by atoms with Gasteiger partial charge in [-0.2, -0.15) is 0 Å². The smallest absolute Gasteiger partial charge is 0.254 e. The highest BCUT2D eigenvalue weighted by Gasteiger charge is 2.17. The highest BCUT2D eigenvalue weighted by molar-refractivity contribution is 7.90. The molecule has 0 saturated carbocycles. The minimum absolute atomic E-state index is 0.0806. The summed E-state index contributed by atoms with van der Waals surface area (Å²) in [5, 5.41) is 0. The van der Waals surface area contributed by atoms with Crippen LogP contribution in [-0.4, -0.2) is 32.3 Å². The Balaban J connectivity index is 2.14. The van der Waals surface area contributed by atoms with Crippen LogP contribution >= 0.6 is 0 Å². The molecule has 5 heteroatoms. The molecule has 0 N–H and O–H groups in total. The van der Waals surface area contributed by atoms with E-state index < -0.39 is 9.84 Å². The van der Waals surface area contributed by atoms with E-state index in [0.29, 0.717) is 29.1 Å². The number of hydrogen-bond acceptors (Lipinski definition) is 3. The molecule has 0 spiro atoms. The van der Waals surface area contributed by atoms with Crippen molar-refractivity contribution in [2.24, 2.45) is 0 Å². The Hall–Kier alpha value is -2.40. The summed E-state index contributed by atoms with van der Waals surface area (Å²) in [4.78, 5) is 14.5. The molecule has 2 aromatic rings. The van der Waals surface area contributed by atoms with Crippen LogP contribution in [0.5, 0.6) is 0 Å². The van der Waals surface area contributed by atoms with Crippen LogP contribution in [0.1, 0.15) is 29.8 Å². The van der Waals surface area contributed by atoms with Gasteiger partial charge in [0, 0.05) is 18.7 Å². The molecule has 0 atom stereocenters. The van der Waals surface area contributed by atoms with E-state index in [2.05, 4.69) is 6.58 Å². The zero-order chi connectivity index (χ0) is 18.4. The highest BCUT2D eigenvalue weighted by Crippen LogP contribution is 2.17.